The molecular formula is C22H23N7O2. The van der Waals surface area contributed by atoms with Gasteiger partial charge < -0.3 is 10.1 Å². The van der Waals surface area contributed by atoms with Crippen molar-refractivity contribution in [2.45, 2.75) is 13.1 Å². The summed E-state index contributed by atoms with van der Waals surface area (Å²) in [5, 5.41) is 2.85. The van der Waals surface area contributed by atoms with E-state index in [4.69, 9.17) is 9.72 Å². The SMILES string of the molecule is O=C(NCc1ccccn1)c1cn(-c2nc(CN3CCOCC3)c3ccccn23)cn1. The van der Waals surface area contributed by atoms with Crippen LogP contribution in [-0.4, -0.2) is 61.0 Å². The van der Waals surface area contributed by atoms with Crippen molar-refractivity contribution in [1.29, 1.82) is 0 Å². The fourth-order valence-corrected chi connectivity index (χ4v) is 3.67. The highest BCUT2D eigenvalue weighted by Gasteiger charge is 2.18. The van der Waals surface area contributed by atoms with Gasteiger partial charge in [0.15, 0.2) is 0 Å². The van der Waals surface area contributed by atoms with E-state index in [0.29, 0.717) is 18.2 Å². The first-order valence-electron chi connectivity index (χ1n) is 10.3. The molecule has 1 amide bonds. The van der Waals surface area contributed by atoms with E-state index in [1.165, 1.54) is 0 Å². The summed E-state index contributed by atoms with van der Waals surface area (Å²) in [7, 11) is 0. The predicted molar refractivity (Wildman–Crippen MR) is 114 cm³/mol. The Bertz CT molecular complexity index is 1180. The molecule has 5 heterocycles. The maximum Gasteiger partial charge on any atom is 0.271 e. The molecule has 0 aliphatic carbocycles. The molecule has 0 bridgehead atoms. The van der Waals surface area contributed by atoms with E-state index >= 15 is 0 Å². The van der Waals surface area contributed by atoms with Crippen molar-refractivity contribution < 1.29 is 9.53 Å². The number of fused-ring (bicyclic) bond motifs is 1. The molecule has 0 radical (unpaired) electrons. The molecule has 1 aliphatic heterocycles. The minimum atomic E-state index is -0.251. The van der Waals surface area contributed by atoms with Gasteiger partial charge in [0.05, 0.1) is 36.7 Å². The number of hydrogen-bond donors (Lipinski definition) is 1. The largest absolute Gasteiger partial charge is 0.379 e. The number of aromatic nitrogens is 5. The Hall–Kier alpha value is -3.56. The molecule has 4 aromatic rings. The van der Waals surface area contributed by atoms with Crippen LogP contribution in [0.1, 0.15) is 21.9 Å². The summed E-state index contributed by atoms with van der Waals surface area (Å²) >= 11 is 0. The van der Waals surface area contributed by atoms with Gasteiger partial charge in [0.25, 0.3) is 5.91 Å². The maximum atomic E-state index is 12.5. The van der Waals surface area contributed by atoms with E-state index in [1.807, 2.05) is 40.9 Å². The fraction of sp³-hybridized carbons (Fsp3) is 0.273. The van der Waals surface area contributed by atoms with E-state index in [0.717, 1.165) is 49.8 Å². The van der Waals surface area contributed by atoms with Crippen LogP contribution in [0.2, 0.25) is 0 Å². The van der Waals surface area contributed by atoms with Crippen molar-refractivity contribution >= 4 is 11.4 Å². The number of morpholine rings is 1. The lowest BCUT2D eigenvalue weighted by molar-refractivity contribution is 0.0339. The van der Waals surface area contributed by atoms with Crippen molar-refractivity contribution in [3.05, 3.63) is 78.4 Å². The van der Waals surface area contributed by atoms with Crippen LogP contribution in [0.15, 0.2) is 61.3 Å². The molecule has 9 heteroatoms. The first-order chi connectivity index (χ1) is 15.3. The second-order valence-electron chi connectivity index (χ2n) is 7.37. The molecule has 0 atom stereocenters. The number of ether oxygens (including phenoxy) is 1. The smallest absolute Gasteiger partial charge is 0.271 e. The molecule has 1 saturated heterocycles. The van der Waals surface area contributed by atoms with Crippen LogP contribution < -0.4 is 5.32 Å². The van der Waals surface area contributed by atoms with E-state index < -0.39 is 0 Å². The van der Waals surface area contributed by atoms with Gasteiger partial charge in [-0.25, -0.2) is 9.97 Å². The first-order valence-corrected chi connectivity index (χ1v) is 10.3. The van der Waals surface area contributed by atoms with Crippen LogP contribution in [0, 0.1) is 0 Å². The Balaban J connectivity index is 1.37. The van der Waals surface area contributed by atoms with Crippen LogP contribution in [-0.2, 0) is 17.8 Å². The van der Waals surface area contributed by atoms with Gasteiger partial charge >= 0.3 is 0 Å². The Morgan fingerprint density at radius 3 is 2.81 bits per heavy atom. The van der Waals surface area contributed by atoms with Gasteiger partial charge in [-0.1, -0.05) is 12.1 Å². The number of rotatable bonds is 6. The molecule has 31 heavy (non-hydrogen) atoms. The average Bonchev–Trinajstić information content (AvgIpc) is 3.45. The molecule has 0 unspecified atom stereocenters. The number of nitrogens with one attached hydrogen (secondary N) is 1. The lowest BCUT2D eigenvalue weighted by Gasteiger charge is -2.25. The van der Waals surface area contributed by atoms with Crippen LogP contribution in [0.25, 0.3) is 11.5 Å². The average molecular weight is 417 g/mol. The highest BCUT2D eigenvalue weighted by molar-refractivity contribution is 5.92. The normalized spacial score (nSPS) is 14.7. The van der Waals surface area contributed by atoms with Crippen molar-refractivity contribution in [3.63, 3.8) is 0 Å². The van der Waals surface area contributed by atoms with Gasteiger partial charge in [-0.05, 0) is 24.3 Å². The number of hydrogen-bond acceptors (Lipinski definition) is 6. The third kappa shape index (κ3) is 4.18. The Morgan fingerprint density at radius 1 is 1.10 bits per heavy atom. The highest BCUT2D eigenvalue weighted by atomic mass is 16.5. The van der Waals surface area contributed by atoms with Gasteiger partial charge in [-0.15, -0.1) is 0 Å². The van der Waals surface area contributed by atoms with E-state index in [1.54, 1.807) is 23.3 Å². The third-order valence-corrected chi connectivity index (χ3v) is 5.29. The highest BCUT2D eigenvalue weighted by Crippen LogP contribution is 2.19. The quantitative estimate of drug-likeness (QED) is 0.513. The minimum Gasteiger partial charge on any atom is -0.379 e. The van der Waals surface area contributed by atoms with Gasteiger partial charge in [-0.3, -0.25) is 23.6 Å². The molecule has 5 rings (SSSR count). The Labute approximate surface area is 179 Å². The van der Waals surface area contributed by atoms with Crippen molar-refractivity contribution in [1.82, 2.24) is 34.1 Å². The Kier molecular flexibility index (Phi) is 5.42. The summed E-state index contributed by atoms with van der Waals surface area (Å²) in [4.78, 5) is 28.3. The third-order valence-electron chi connectivity index (χ3n) is 5.29. The van der Waals surface area contributed by atoms with E-state index in [2.05, 4.69) is 26.3 Å². The zero-order chi connectivity index (χ0) is 21.0. The summed E-state index contributed by atoms with van der Waals surface area (Å²) in [6, 6.07) is 11.6. The predicted octanol–water partition coefficient (Wildman–Crippen LogP) is 1.68. The van der Waals surface area contributed by atoms with Crippen molar-refractivity contribution in [2.75, 3.05) is 26.3 Å². The van der Waals surface area contributed by atoms with Crippen molar-refractivity contribution in [2.24, 2.45) is 0 Å². The first kappa shape index (κ1) is 19.4. The van der Waals surface area contributed by atoms with Gasteiger partial charge in [-0.2, -0.15) is 0 Å². The molecule has 0 aromatic carbocycles. The summed E-state index contributed by atoms with van der Waals surface area (Å²) < 4.78 is 9.26. The second kappa shape index (κ2) is 8.66. The topological polar surface area (TPSA) is 89.6 Å². The zero-order valence-corrected chi connectivity index (χ0v) is 17.0. The standard InChI is InChI=1S/C22H23N7O2/c30-21(24-13-17-5-1-3-7-23-17)19-15-28(16-25-19)22-26-18(14-27-9-11-31-12-10-27)20-6-2-4-8-29(20)22/h1-8,15-16H,9-14H2,(H,24,30). The molecular weight excluding hydrogens is 394 g/mol. The number of imidazole rings is 2. The van der Waals surface area contributed by atoms with E-state index in [-0.39, 0.29) is 5.91 Å². The van der Waals surface area contributed by atoms with Crippen molar-refractivity contribution in [3.8, 4) is 5.95 Å². The fourth-order valence-electron chi connectivity index (χ4n) is 3.67. The number of amides is 1. The van der Waals surface area contributed by atoms with Gasteiger partial charge in [0.2, 0.25) is 5.95 Å². The van der Waals surface area contributed by atoms with Crippen LogP contribution in [0.5, 0.6) is 0 Å². The number of carbonyl (C=O) groups is 1. The second-order valence-corrected chi connectivity index (χ2v) is 7.37. The Morgan fingerprint density at radius 2 is 1.97 bits per heavy atom. The molecule has 1 fully saturated rings. The summed E-state index contributed by atoms with van der Waals surface area (Å²) in [5.41, 5.74) is 3.16. The van der Waals surface area contributed by atoms with Crippen LogP contribution in [0.4, 0.5) is 0 Å². The molecule has 1 aliphatic rings. The molecule has 158 valence electrons. The molecule has 9 nitrogen and oxygen atoms in total. The van der Waals surface area contributed by atoms with Crippen LogP contribution in [0.3, 0.4) is 0 Å². The number of pyridine rings is 2. The summed E-state index contributed by atoms with van der Waals surface area (Å²) in [6.07, 6.45) is 7.00. The minimum absolute atomic E-state index is 0.251. The van der Waals surface area contributed by atoms with E-state index in [9.17, 15) is 4.79 Å². The molecule has 1 N–H and O–H groups in total. The summed E-state index contributed by atoms with van der Waals surface area (Å²) in [5.74, 6) is 0.453. The monoisotopic (exact) mass is 417 g/mol. The molecule has 4 aromatic heterocycles. The van der Waals surface area contributed by atoms with Crippen LogP contribution >= 0.6 is 0 Å². The number of carbonyl (C=O) groups excluding carboxylic acids is 1. The lowest BCUT2D eigenvalue weighted by Crippen LogP contribution is -2.35. The lowest BCUT2D eigenvalue weighted by atomic mass is 10.3. The van der Waals surface area contributed by atoms with Gasteiger partial charge in [0.1, 0.15) is 12.0 Å². The maximum absolute atomic E-state index is 12.5. The zero-order valence-electron chi connectivity index (χ0n) is 17.0. The number of nitrogens with zero attached hydrogens (tertiary/aromatic N) is 6. The van der Waals surface area contributed by atoms with Gasteiger partial charge in [0, 0.05) is 38.2 Å². The molecule has 0 saturated carbocycles. The summed E-state index contributed by atoms with van der Waals surface area (Å²) in [6.45, 7) is 4.39. The molecule has 0 spiro atoms.